The molecule has 96 valence electrons. The van der Waals surface area contributed by atoms with Gasteiger partial charge in [-0.3, -0.25) is 0 Å². The van der Waals surface area contributed by atoms with E-state index < -0.39 is 12.0 Å². The zero-order valence-corrected chi connectivity index (χ0v) is 10.8. The summed E-state index contributed by atoms with van der Waals surface area (Å²) in [6.45, 7) is 2.42. The first-order valence-corrected chi connectivity index (χ1v) is 6.29. The number of carboxylic acid groups (broad SMARTS) is 1. The maximum Gasteiger partial charge on any atom is 0.326 e. The van der Waals surface area contributed by atoms with Crippen molar-refractivity contribution >= 4 is 22.4 Å². The molecule has 1 rings (SSSR count). The zero-order chi connectivity index (χ0) is 12.7. The largest absolute Gasteiger partial charge is 0.480 e. The van der Waals surface area contributed by atoms with Crippen LogP contribution < -0.4 is 5.32 Å². The average molecular weight is 259 g/mol. The molecule has 0 amide bonds. The smallest absolute Gasteiger partial charge is 0.326 e. The number of anilines is 1. The van der Waals surface area contributed by atoms with Gasteiger partial charge in [-0.15, -0.1) is 10.2 Å². The second-order valence-corrected chi connectivity index (χ2v) is 4.67. The molecule has 2 N–H and O–H groups in total. The second-order valence-electron chi connectivity index (χ2n) is 3.61. The minimum absolute atomic E-state index is 0.395. The average Bonchev–Trinajstić information content (AvgIpc) is 2.72. The van der Waals surface area contributed by atoms with Gasteiger partial charge in [-0.05, 0) is 6.42 Å². The Bertz CT molecular complexity index is 356. The van der Waals surface area contributed by atoms with E-state index in [1.807, 2.05) is 6.92 Å². The molecule has 0 spiro atoms. The molecule has 1 aromatic rings. The van der Waals surface area contributed by atoms with E-state index in [-0.39, 0.29) is 0 Å². The predicted molar refractivity (Wildman–Crippen MR) is 65.2 cm³/mol. The second kappa shape index (κ2) is 7.18. The molecule has 0 saturated carbocycles. The number of methoxy groups -OCH3 is 1. The molecule has 0 radical (unpaired) electrons. The lowest BCUT2D eigenvalue weighted by Crippen LogP contribution is -2.29. The van der Waals surface area contributed by atoms with Crippen LogP contribution in [0, 0.1) is 0 Å². The van der Waals surface area contributed by atoms with Crippen LogP contribution in [0.5, 0.6) is 0 Å². The van der Waals surface area contributed by atoms with Gasteiger partial charge in [-0.25, -0.2) is 4.79 Å². The molecule has 0 saturated heterocycles. The Morgan fingerprint density at radius 3 is 2.94 bits per heavy atom. The van der Waals surface area contributed by atoms with Gasteiger partial charge in [0.15, 0.2) is 0 Å². The summed E-state index contributed by atoms with van der Waals surface area (Å²) >= 11 is 1.31. The molecular formula is C10H17N3O3S. The molecule has 0 aliphatic heterocycles. The summed E-state index contributed by atoms with van der Waals surface area (Å²) in [4.78, 5) is 11.0. The summed E-state index contributed by atoms with van der Waals surface area (Å²) in [5.41, 5.74) is 0. The number of aliphatic carboxylic acids is 1. The van der Waals surface area contributed by atoms with Crippen molar-refractivity contribution in [3.8, 4) is 0 Å². The van der Waals surface area contributed by atoms with Crippen LogP contribution >= 0.6 is 11.3 Å². The number of carboxylic acids is 1. The molecule has 0 aliphatic carbocycles. The van der Waals surface area contributed by atoms with E-state index in [1.54, 1.807) is 7.11 Å². The molecule has 7 heteroatoms. The highest BCUT2D eigenvalue weighted by molar-refractivity contribution is 7.15. The molecule has 1 aromatic heterocycles. The van der Waals surface area contributed by atoms with Gasteiger partial charge in [0.1, 0.15) is 17.7 Å². The highest BCUT2D eigenvalue weighted by Gasteiger charge is 2.18. The minimum Gasteiger partial charge on any atom is -0.480 e. The Morgan fingerprint density at radius 1 is 1.59 bits per heavy atom. The number of aromatic nitrogens is 2. The molecule has 0 aromatic carbocycles. The molecule has 0 fully saturated rings. The van der Waals surface area contributed by atoms with Crippen LogP contribution in [0.3, 0.4) is 0 Å². The third kappa shape index (κ3) is 4.66. The molecule has 0 bridgehead atoms. The van der Waals surface area contributed by atoms with Crippen molar-refractivity contribution in [2.45, 2.75) is 38.8 Å². The van der Waals surface area contributed by atoms with Crippen LogP contribution in [0.25, 0.3) is 0 Å². The summed E-state index contributed by atoms with van der Waals surface area (Å²) in [5.74, 6) is -0.859. The lowest BCUT2D eigenvalue weighted by molar-refractivity contribution is -0.138. The number of hydrogen-bond donors (Lipinski definition) is 2. The lowest BCUT2D eigenvalue weighted by Gasteiger charge is -2.12. The van der Waals surface area contributed by atoms with Crippen LogP contribution in [0.4, 0.5) is 5.13 Å². The van der Waals surface area contributed by atoms with Crippen LogP contribution in [0.2, 0.25) is 0 Å². The maximum atomic E-state index is 11.0. The topological polar surface area (TPSA) is 84.3 Å². The van der Waals surface area contributed by atoms with Gasteiger partial charge >= 0.3 is 5.97 Å². The molecule has 1 atom stereocenters. The third-order valence-electron chi connectivity index (χ3n) is 2.18. The van der Waals surface area contributed by atoms with Crippen molar-refractivity contribution in [3.05, 3.63) is 5.01 Å². The fourth-order valence-electron chi connectivity index (χ4n) is 1.31. The Hall–Kier alpha value is -1.21. The van der Waals surface area contributed by atoms with E-state index in [0.29, 0.717) is 18.2 Å². The van der Waals surface area contributed by atoms with Crippen LogP contribution in [0.1, 0.15) is 31.2 Å². The van der Waals surface area contributed by atoms with E-state index in [9.17, 15) is 4.79 Å². The molecule has 1 heterocycles. The first-order valence-electron chi connectivity index (χ1n) is 5.48. The molecule has 0 unspecified atom stereocenters. The Balaban J connectivity index is 2.55. The Kier molecular flexibility index (Phi) is 5.85. The Labute approximate surface area is 104 Å². The standard InChI is InChI=1S/C10H17N3O3S/c1-3-4-5-7(9(14)15)11-10-13-12-8(17-10)6-16-2/h7H,3-6H2,1-2H3,(H,11,13)(H,14,15)/t7-/m0/s1. The van der Waals surface area contributed by atoms with Gasteiger partial charge in [0.2, 0.25) is 5.13 Å². The molecule has 6 nitrogen and oxygen atoms in total. The number of nitrogens with one attached hydrogen (secondary N) is 1. The number of hydrogen-bond acceptors (Lipinski definition) is 6. The number of unbranched alkanes of at least 4 members (excludes halogenated alkanes) is 1. The van der Waals surface area contributed by atoms with Crippen molar-refractivity contribution in [2.24, 2.45) is 0 Å². The summed E-state index contributed by atoms with van der Waals surface area (Å²) in [6, 6.07) is -0.599. The van der Waals surface area contributed by atoms with Gasteiger partial charge in [0.05, 0.1) is 0 Å². The molecular weight excluding hydrogens is 242 g/mol. The fraction of sp³-hybridized carbons (Fsp3) is 0.700. The first kappa shape index (κ1) is 13.9. The number of nitrogens with zero attached hydrogens (tertiary/aromatic N) is 2. The third-order valence-corrected chi connectivity index (χ3v) is 3.00. The first-order chi connectivity index (χ1) is 8.17. The molecule has 0 aliphatic rings. The summed E-state index contributed by atoms with van der Waals surface area (Å²) < 4.78 is 4.92. The van der Waals surface area contributed by atoms with E-state index >= 15 is 0 Å². The maximum absolute atomic E-state index is 11.0. The highest BCUT2D eigenvalue weighted by atomic mass is 32.1. The Morgan fingerprint density at radius 2 is 2.35 bits per heavy atom. The SMILES string of the molecule is CCCC[C@H](Nc1nnc(COC)s1)C(=O)O. The van der Waals surface area contributed by atoms with Crippen molar-refractivity contribution in [1.29, 1.82) is 0 Å². The summed E-state index contributed by atoms with van der Waals surface area (Å²) in [7, 11) is 1.58. The van der Waals surface area contributed by atoms with E-state index in [0.717, 1.165) is 17.8 Å². The van der Waals surface area contributed by atoms with Gasteiger partial charge in [-0.2, -0.15) is 0 Å². The predicted octanol–water partition coefficient (Wildman–Crippen LogP) is 1.74. The van der Waals surface area contributed by atoms with E-state index in [1.165, 1.54) is 11.3 Å². The van der Waals surface area contributed by atoms with Crippen molar-refractivity contribution in [1.82, 2.24) is 10.2 Å². The van der Waals surface area contributed by atoms with Crippen LogP contribution in [0.15, 0.2) is 0 Å². The highest BCUT2D eigenvalue weighted by Crippen LogP contribution is 2.18. The van der Waals surface area contributed by atoms with Gasteiger partial charge in [-0.1, -0.05) is 31.1 Å². The molecule has 17 heavy (non-hydrogen) atoms. The number of carbonyl (C=O) groups is 1. The normalized spacial score (nSPS) is 12.4. The van der Waals surface area contributed by atoms with Gasteiger partial charge in [0, 0.05) is 7.11 Å². The van der Waals surface area contributed by atoms with E-state index in [4.69, 9.17) is 9.84 Å². The summed E-state index contributed by atoms with van der Waals surface area (Å²) in [6.07, 6.45) is 2.43. The van der Waals surface area contributed by atoms with Crippen molar-refractivity contribution in [2.75, 3.05) is 12.4 Å². The lowest BCUT2D eigenvalue weighted by atomic mass is 10.1. The van der Waals surface area contributed by atoms with Crippen molar-refractivity contribution < 1.29 is 14.6 Å². The van der Waals surface area contributed by atoms with Crippen LogP contribution in [-0.4, -0.2) is 34.4 Å². The quantitative estimate of drug-likeness (QED) is 0.739. The van der Waals surface area contributed by atoms with Crippen molar-refractivity contribution in [3.63, 3.8) is 0 Å². The van der Waals surface area contributed by atoms with Crippen LogP contribution in [-0.2, 0) is 16.1 Å². The zero-order valence-electron chi connectivity index (χ0n) is 9.97. The van der Waals surface area contributed by atoms with Gasteiger partial charge in [0.25, 0.3) is 0 Å². The number of ether oxygens (including phenoxy) is 1. The monoisotopic (exact) mass is 259 g/mol. The fourth-order valence-corrected chi connectivity index (χ4v) is 2.07. The van der Waals surface area contributed by atoms with Gasteiger partial charge < -0.3 is 15.2 Å². The summed E-state index contributed by atoms with van der Waals surface area (Å²) in [5, 5.41) is 20.9. The minimum atomic E-state index is -0.859. The number of rotatable bonds is 8. The van der Waals surface area contributed by atoms with E-state index in [2.05, 4.69) is 15.5 Å².